The van der Waals surface area contributed by atoms with E-state index in [-0.39, 0.29) is 0 Å². The average Bonchev–Trinajstić information content (AvgIpc) is 2.52. The number of nitrogen functional groups attached to an aromatic ring is 1. The highest BCUT2D eigenvalue weighted by molar-refractivity contribution is 5.99. The number of hydrogen-bond donors (Lipinski definition) is 4. The summed E-state index contributed by atoms with van der Waals surface area (Å²) in [6.45, 7) is 0. The molecule has 0 aliphatic carbocycles. The Labute approximate surface area is 127 Å². The van der Waals surface area contributed by atoms with Gasteiger partial charge in [0.25, 0.3) is 0 Å². The van der Waals surface area contributed by atoms with Crippen molar-refractivity contribution in [3.63, 3.8) is 0 Å². The quantitative estimate of drug-likeness (QED) is 0.543. The second kappa shape index (κ2) is 5.65. The maximum absolute atomic E-state index is 10.6. The van der Waals surface area contributed by atoms with Gasteiger partial charge in [-0.25, -0.2) is 4.79 Å². The zero-order valence-electron chi connectivity index (χ0n) is 11.7. The maximum atomic E-state index is 10.6. The van der Waals surface area contributed by atoms with Crippen LogP contribution >= 0.6 is 0 Å². The lowest BCUT2D eigenvalue weighted by molar-refractivity contribution is 0.210. The lowest BCUT2D eigenvalue weighted by atomic mass is 10.1. The predicted octanol–water partition coefficient (Wildman–Crippen LogP) is 4.26. The van der Waals surface area contributed by atoms with Crippen LogP contribution < -0.4 is 16.4 Å². The van der Waals surface area contributed by atoms with Crippen molar-refractivity contribution in [2.24, 2.45) is 0 Å². The molecule has 0 radical (unpaired) electrons. The molecule has 0 fully saturated rings. The Bertz CT molecular complexity index is 829. The monoisotopic (exact) mass is 293 g/mol. The minimum Gasteiger partial charge on any atom is -0.465 e. The number of rotatable bonds is 3. The number of carboxylic acid groups (broad SMARTS) is 1. The van der Waals surface area contributed by atoms with Crippen LogP contribution in [0.5, 0.6) is 0 Å². The van der Waals surface area contributed by atoms with Gasteiger partial charge in [-0.15, -0.1) is 0 Å². The summed E-state index contributed by atoms with van der Waals surface area (Å²) in [6.07, 6.45) is -1.08. The van der Waals surface area contributed by atoms with Crippen molar-refractivity contribution in [2.75, 3.05) is 16.4 Å². The molecule has 0 spiro atoms. The highest BCUT2D eigenvalue weighted by atomic mass is 16.4. The van der Waals surface area contributed by atoms with Crippen LogP contribution in [0.2, 0.25) is 0 Å². The number of nitrogens with two attached hydrogens (primary N) is 1. The molecule has 0 atom stereocenters. The van der Waals surface area contributed by atoms with Crippen molar-refractivity contribution in [1.29, 1.82) is 0 Å². The molecule has 0 aromatic heterocycles. The largest absolute Gasteiger partial charge is 0.465 e. The minimum absolute atomic E-state index is 0.518. The number of carbonyl (C=O) groups is 1. The van der Waals surface area contributed by atoms with Gasteiger partial charge in [0, 0.05) is 16.8 Å². The van der Waals surface area contributed by atoms with Crippen LogP contribution in [0.3, 0.4) is 0 Å². The first-order valence-electron chi connectivity index (χ1n) is 6.78. The first kappa shape index (κ1) is 13.8. The predicted molar refractivity (Wildman–Crippen MR) is 89.7 cm³/mol. The molecule has 22 heavy (non-hydrogen) atoms. The van der Waals surface area contributed by atoms with E-state index >= 15 is 0 Å². The van der Waals surface area contributed by atoms with Crippen LogP contribution in [0.25, 0.3) is 10.8 Å². The number of benzene rings is 3. The van der Waals surface area contributed by atoms with E-state index < -0.39 is 6.09 Å². The van der Waals surface area contributed by atoms with Crippen molar-refractivity contribution >= 4 is 39.6 Å². The maximum Gasteiger partial charge on any atom is 0.409 e. The topological polar surface area (TPSA) is 87.4 Å². The fraction of sp³-hybridized carbons (Fsp3) is 0. The van der Waals surface area contributed by atoms with Gasteiger partial charge in [0.2, 0.25) is 0 Å². The van der Waals surface area contributed by atoms with Gasteiger partial charge < -0.3 is 16.2 Å². The van der Waals surface area contributed by atoms with Crippen molar-refractivity contribution in [2.45, 2.75) is 0 Å². The molecule has 5 nitrogen and oxygen atoms in total. The van der Waals surface area contributed by atoms with E-state index in [4.69, 9.17) is 10.8 Å². The summed E-state index contributed by atoms with van der Waals surface area (Å²) in [6, 6.07) is 18.8. The summed E-state index contributed by atoms with van der Waals surface area (Å²) in [4.78, 5) is 10.6. The molecule has 0 aliphatic heterocycles. The molecular weight excluding hydrogens is 278 g/mol. The first-order valence-corrected chi connectivity index (χ1v) is 6.78. The molecule has 0 bridgehead atoms. The Morgan fingerprint density at radius 2 is 1.59 bits per heavy atom. The molecule has 0 heterocycles. The van der Waals surface area contributed by atoms with E-state index in [1.807, 2.05) is 36.4 Å². The molecule has 0 saturated carbocycles. The standard InChI is InChI=1S/C17H15N3O2/c18-16-14-4-2-1-3-11(14)5-10-15(16)19-12-6-8-13(9-7-12)20-17(21)22/h1-10,19-20H,18H2,(H,21,22). The highest BCUT2D eigenvalue weighted by Gasteiger charge is 2.05. The van der Waals surface area contributed by atoms with Crippen molar-refractivity contribution < 1.29 is 9.90 Å². The Morgan fingerprint density at radius 3 is 2.32 bits per heavy atom. The summed E-state index contributed by atoms with van der Waals surface area (Å²) in [7, 11) is 0. The van der Waals surface area contributed by atoms with E-state index in [1.165, 1.54) is 0 Å². The van der Waals surface area contributed by atoms with Gasteiger partial charge >= 0.3 is 6.09 Å². The van der Waals surface area contributed by atoms with Gasteiger partial charge in [0.1, 0.15) is 0 Å². The van der Waals surface area contributed by atoms with Crippen molar-refractivity contribution in [3.8, 4) is 0 Å². The molecule has 110 valence electrons. The van der Waals surface area contributed by atoms with Crippen LogP contribution in [0.1, 0.15) is 0 Å². The molecule has 5 heteroatoms. The van der Waals surface area contributed by atoms with E-state index in [9.17, 15) is 4.79 Å². The number of fused-ring (bicyclic) bond motifs is 1. The van der Waals surface area contributed by atoms with E-state index in [0.717, 1.165) is 22.1 Å². The number of hydrogen-bond acceptors (Lipinski definition) is 3. The zero-order valence-corrected chi connectivity index (χ0v) is 11.7. The van der Waals surface area contributed by atoms with Crippen LogP contribution in [0.15, 0.2) is 60.7 Å². The summed E-state index contributed by atoms with van der Waals surface area (Å²) in [5.41, 5.74) is 9.06. The molecule has 0 unspecified atom stereocenters. The van der Waals surface area contributed by atoms with Gasteiger partial charge in [-0.2, -0.15) is 0 Å². The number of anilines is 4. The Morgan fingerprint density at radius 1 is 0.909 bits per heavy atom. The summed E-state index contributed by atoms with van der Waals surface area (Å²) in [5, 5.41) is 16.3. The fourth-order valence-electron chi connectivity index (χ4n) is 2.32. The van der Waals surface area contributed by atoms with Crippen molar-refractivity contribution in [3.05, 3.63) is 60.7 Å². The van der Waals surface area contributed by atoms with Crippen molar-refractivity contribution in [1.82, 2.24) is 0 Å². The minimum atomic E-state index is -1.08. The molecule has 0 saturated heterocycles. The third kappa shape index (κ3) is 2.78. The second-order valence-corrected chi connectivity index (χ2v) is 4.88. The molecular formula is C17H15N3O2. The number of nitrogens with one attached hydrogen (secondary N) is 2. The average molecular weight is 293 g/mol. The van der Waals surface area contributed by atoms with E-state index in [1.54, 1.807) is 24.3 Å². The number of amides is 1. The van der Waals surface area contributed by atoms with Crippen LogP contribution in [-0.2, 0) is 0 Å². The van der Waals surface area contributed by atoms with Gasteiger partial charge in [-0.05, 0) is 35.7 Å². The second-order valence-electron chi connectivity index (χ2n) is 4.88. The third-order valence-corrected chi connectivity index (χ3v) is 3.39. The molecule has 3 aromatic rings. The lowest BCUT2D eigenvalue weighted by Gasteiger charge is -2.12. The van der Waals surface area contributed by atoms with Gasteiger partial charge in [-0.1, -0.05) is 30.3 Å². The lowest BCUT2D eigenvalue weighted by Crippen LogP contribution is -2.06. The summed E-state index contributed by atoms with van der Waals surface area (Å²) < 4.78 is 0. The van der Waals surface area contributed by atoms with E-state index in [2.05, 4.69) is 10.6 Å². The smallest absolute Gasteiger partial charge is 0.409 e. The molecule has 0 aliphatic rings. The Kier molecular flexibility index (Phi) is 3.53. The Hall–Kier alpha value is -3.21. The van der Waals surface area contributed by atoms with Gasteiger partial charge in [-0.3, -0.25) is 5.32 Å². The Balaban J connectivity index is 1.86. The summed E-state index contributed by atoms with van der Waals surface area (Å²) in [5.74, 6) is 0. The molecule has 1 amide bonds. The van der Waals surface area contributed by atoms with Crippen LogP contribution in [0, 0.1) is 0 Å². The summed E-state index contributed by atoms with van der Waals surface area (Å²) >= 11 is 0. The SMILES string of the molecule is Nc1c(Nc2ccc(NC(=O)O)cc2)ccc2ccccc12. The van der Waals surface area contributed by atoms with E-state index in [0.29, 0.717) is 11.4 Å². The van der Waals surface area contributed by atoms with Crippen LogP contribution in [0.4, 0.5) is 27.5 Å². The third-order valence-electron chi connectivity index (χ3n) is 3.39. The highest BCUT2D eigenvalue weighted by Crippen LogP contribution is 2.31. The molecule has 5 N–H and O–H groups in total. The molecule has 3 aromatic carbocycles. The van der Waals surface area contributed by atoms with Crippen LogP contribution in [-0.4, -0.2) is 11.2 Å². The fourth-order valence-corrected chi connectivity index (χ4v) is 2.32. The van der Waals surface area contributed by atoms with Gasteiger partial charge in [0.05, 0.1) is 11.4 Å². The normalized spacial score (nSPS) is 10.4. The molecule has 3 rings (SSSR count). The van der Waals surface area contributed by atoms with Gasteiger partial charge in [0.15, 0.2) is 0 Å². The first-order chi connectivity index (χ1) is 10.6. The zero-order chi connectivity index (χ0) is 15.5.